The highest BCUT2D eigenvalue weighted by molar-refractivity contribution is 7.16. The molecule has 0 unspecified atom stereocenters. The summed E-state index contributed by atoms with van der Waals surface area (Å²) in [4.78, 5) is 38.0. The molecular weight excluding hydrogens is 541 g/mol. The van der Waals surface area contributed by atoms with Crippen LogP contribution in [0, 0.1) is 24.2 Å². The molecule has 2 fully saturated rings. The second-order valence-corrected chi connectivity index (χ2v) is 11.4. The Hall–Kier alpha value is -3.95. The predicted molar refractivity (Wildman–Crippen MR) is 146 cm³/mol. The van der Waals surface area contributed by atoms with Crippen LogP contribution in [0.3, 0.4) is 0 Å². The molecule has 2 aliphatic rings. The van der Waals surface area contributed by atoms with Crippen molar-refractivity contribution < 1.29 is 22.8 Å². The van der Waals surface area contributed by atoms with Crippen LogP contribution in [0.2, 0.25) is 0 Å². The van der Waals surface area contributed by atoms with Crippen LogP contribution in [-0.4, -0.2) is 64.9 Å². The molecule has 0 bridgehead atoms. The molecule has 1 saturated heterocycles. The van der Waals surface area contributed by atoms with E-state index in [1.807, 2.05) is 11.8 Å². The van der Waals surface area contributed by atoms with Crippen LogP contribution in [0.15, 0.2) is 42.7 Å². The third kappa shape index (κ3) is 5.95. The molecule has 2 atom stereocenters. The average molecular weight is 569 g/mol. The molecule has 1 spiro atoms. The van der Waals surface area contributed by atoms with Gasteiger partial charge in [0.1, 0.15) is 5.69 Å². The monoisotopic (exact) mass is 568 g/mol. The van der Waals surface area contributed by atoms with E-state index in [1.54, 1.807) is 24.4 Å². The Kier molecular flexibility index (Phi) is 7.29. The molecule has 5 rings (SSSR count). The standard InChI is InChI=1S/C28H27F3N6O2S/c1-17-4-6-20(34-24(38)22-13-19(8-10-32-22)28(29,30)31)12-18(17)5-7-21-15-33-25(40-21)35-26(39)37-11-9-27(16-37)14-23(27)36(2)3/h4,6,8,10,12-13,15,23H,9,11,14,16H2,1-3H3,(H,34,38)(H,33,35,39)/t23-,27-/m0/s1. The van der Waals surface area contributed by atoms with Gasteiger partial charge < -0.3 is 15.1 Å². The van der Waals surface area contributed by atoms with Crippen LogP contribution in [0.4, 0.5) is 28.8 Å². The molecule has 3 amide bonds. The number of anilines is 2. The van der Waals surface area contributed by atoms with Crippen LogP contribution in [-0.2, 0) is 6.18 Å². The van der Waals surface area contributed by atoms with Gasteiger partial charge in [-0.3, -0.25) is 15.1 Å². The summed E-state index contributed by atoms with van der Waals surface area (Å²) in [7, 11) is 4.15. The maximum Gasteiger partial charge on any atom is 0.416 e. The van der Waals surface area contributed by atoms with Crippen LogP contribution in [0.25, 0.3) is 0 Å². The van der Waals surface area contributed by atoms with Crippen molar-refractivity contribution in [1.82, 2.24) is 19.8 Å². The number of aromatic nitrogens is 2. The Bertz CT molecular complexity index is 1530. The minimum Gasteiger partial charge on any atom is -0.324 e. The van der Waals surface area contributed by atoms with Gasteiger partial charge >= 0.3 is 12.2 Å². The van der Waals surface area contributed by atoms with Gasteiger partial charge in [-0.15, -0.1) is 0 Å². The number of benzene rings is 1. The number of likely N-dealkylation sites (tertiary alicyclic amines) is 1. The summed E-state index contributed by atoms with van der Waals surface area (Å²) in [6.45, 7) is 3.33. The third-order valence-corrected chi connectivity index (χ3v) is 8.13. The molecule has 8 nitrogen and oxygen atoms in total. The molecule has 2 aromatic heterocycles. The van der Waals surface area contributed by atoms with Crippen molar-refractivity contribution in [2.75, 3.05) is 37.8 Å². The lowest BCUT2D eigenvalue weighted by atomic mass is 10.1. The van der Waals surface area contributed by atoms with Crippen molar-refractivity contribution in [2.24, 2.45) is 5.41 Å². The Morgan fingerprint density at radius 1 is 1.15 bits per heavy atom. The molecule has 1 aliphatic carbocycles. The van der Waals surface area contributed by atoms with Crippen molar-refractivity contribution in [3.05, 3.63) is 70.0 Å². The minimum atomic E-state index is -4.58. The van der Waals surface area contributed by atoms with E-state index in [-0.39, 0.29) is 17.1 Å². The number of aryl methyl sites for hydroxylation is 1. The first-order chi connectivity index (χ1) is 18.9. The summed E-state index contributed by atoms with van der Waals surface area (Å²) in [5.41, 5.74) is 0.757. The number of halogens is 3. The van der Waals surface area contributed by atoms with E-state index in [9.17, 15) is 22.8 Å². The highest BCUT2D eigenvalue weighted by Crippen LogP contribution is 2.55. The van der Waals surface area contributed by atoms with E-state index in [0.717, 1.165) is 43.8 Å². The maximum atomic E-state index is 13.0. The first-order valence-corrected chi connectivity index (χ1v) is 13.4. The Balaban J connectivity index is 1.22. The molecule has 0 radical (unpaired) electrons. The van der Waals surface area contributed by atoms with Crippen molar-refractivity contribution in [1.29, 1.82) is 0 Å². The smallest absolute Gasteiger partial charge is 0.324 e. The van der Waals surface area contributed by atoms with Crippen molar-refractivity contribution in [3.63, 3.8) is 0 Å². The van der Waals surface area contributed by atoms with Gasteiger partial charge in [0, 0.05) is 42.0 Å². The largest absolute Gasteiger partial charge is 0.416 e. The molecule has 1 aliphatic heterocycles. The van der Waals surface area contributed by atoms with Gasteiger partial charge in [0.15, 0.2) is 5.13 Å². The molecule has 3 aromatic rings. The maximum absolute atomic E-state index is 13.0. The number of hydrogen-bond donors (Lipinski definition) is 2. The number of urea groups is 1. The Morgan fingerprint density at radius 3 is 2.67 bits per heavy atom. The fourth-order valence-electron chi connectivity index (χ4n) is 5.01. The fourth-order valence-corrected chi connectivity index (χ4v) is 5.67. The first kappa shape index (κ1) is 27.6. The number of nitrogens with one attached hydrogen (secondary N) is 2. The summed E-state index contributed by atoms with van der Waals surface area (Å²) in [6.07, 6.45) is 0.0835. The number of amides is 3. The molecule has 2 N–H and O–H groups in total. The lowest BCUT2D eigenvalue weighted by Crippen LogP contribution is -2.34. The first-order valence-electron chi connectivity index (χ1n) is 12.6. The normalized spacial score (nSPS) is 19.9. The van der Waals surface area contributed by atoms with Gasteiger partial charge in [-0.2, -0.15) is 13.2 Å². The van der Waals surface area contributed by atoms with E-state index in [4.69, 9.17) is 0 Å². The van der Waals surface area contributed by atoms with Crippen LogP contribution in [0.5, 0.6) is 0 Å². The van der Waals surface area contributed by atoms with Crippen LogP contribution in [0.1, 0.15) is 44.9 Å². The number of alkyl halides is 3. The van der Waals surface area contributed by atoms with Gasteiger partial charge in [0.05, 0.1) is 16.6 Å². The van der Waals surface area contributed by atoms with Gasteiger partial charge in [-0.25, -0.2) is 9.78 Å². The van der Waals surface area contributed by atoms with Gasteiger partial charge in [-0.05, 0) is 69.6 Å². The van der Waals surface area contributed by atoms with Crippen LogP contribution < -0.4 is 10.6 Å². The second kappa shape index (κ2) is 10.6. The number of hydrogen-bond acceptors (Lipinski definition) is 6. The lowest BCUT2D eigenvalue weighted by Gasteiger charge is -2.18. The molecule has 1 aromatic carbocycles. The van der Waals surface area contributed by atoms with Crippen molar-refractivity contribution in [2.45, 2.75) is 32.0 Å². The summed E-state index contributed by atoms with van der Waals surface area (Å²) >= 11 is 1.26. The van der Waals surface area contributed by atoms with E-state index in [2.05, 4.69) is 51.4 Å². The van der Waals surface area contributed by atoms with Crippen LogP contribution >= 0.6 is 11.3 Å². The summed E-state index contributed by atoms with van der Waals surface area (Å²) in [5.74, 6) is 5.31. The number of carbonyl (C=O) groups excluding carboxylic acids is 2. The SMILES string of the molecule is Cc1ccc(NC(=O)c2cc(C(F)(F)F)ccn2)cc1C#Cc1cnc(NC(=O)N2CC[C@]3(C[C@@H]3N(C)C)C2)s1. The Morgan fingerprint density at radius 2 is 1.95 bits per heavy atom. The van der Waals surface area contributed by atoms with Gasteiger partial charge in [-0.1, -0.05) is 23.3 Å². The lowest BCUT2D eigenvalue weighted by molar-refractivity contribution is -0.137. The number of carbonyl (C=O) groups is 2. The van der Waals surface area contributed by atoms with E-state index in [1.165, 1.54) is 11.3 Å². The van der Waals surface area contributed by atoms with E-state index >= 15 is 0 Å². The zero-order valence-corrected chi connectivity index (χ0v) is 22.9. The number of thiazole rings is 1. The molecule has 40 heavy (non-hydrogen) atoms. The zero-order chi connectivity index (χ0) is 28.7. The number of rotatable bonds is 4. The topological polar surface area (TPSA) is 90.5 Å². The minimum absolute atomic E-state index is 0.162. The average Bonchev–Trinajstić information content (AvgIpc) is 3.19. The van der Waals surface area contributed by atoms with Gasteiger partial charge in [0.25, 0.3) is 5.91 Å². The predicted octanol–water partition coefficient (Wildman–Crippen LogP) is 5.08. The van der Waals surface area contributed by atoms with Gasteiger partial charge in [0.2, 0.25) is 0 Å². The van der Waals surface area contributed by atoms with Crippen molar-refractivity contribution in [3.8, 4) is 11.8 Å². The molecule has 3 heterocycles. The highest BCUT2D eigenvalue weighted by atomic mass is 32.1. The number of nitrogens with zero attached hydrogens (tertiary/aromatic N) is 4. The molecular formula is C28H27F3N6O2S. The number of pyridine rings is 1. The van der Waals surface area contributed by atoms with E-state index < -0.39 is 17.6 Å². The molecule has 12 heteroatoms. The summed E-state index contributed by atoms with van der Waals surface area (Å²) < 4.78 is 38.9. The molecule has 1 saturated carbocycles. The summed E-state index contributed by atoms with van der Waals surface area (Å²) in [5, 5.41) is 5.90. The van der Waals surface area contributed by atoms with E-state index in [0.29, 0.717) is 33.4 Å². The zero-order valence-electron chi connectivity index (χ0n) is 22.1. The second-order valence-electron chi connectivity index (χ2n) is 10.3. The Labute approximate surface area is 233 Å². The fraction of sp³-hybridized carbons (Fsp3) is 0.357. The third-order valence-electron chi connectivity index (χ3n) is 7.30. The molecule has 208 valence electrons. The summed E-state index contributed by atoms with van der Waals surface area (Å²) in [6, 6.07) is 6.91. The van der Waals surface area contributed by atoms with Crippen molar-refractivity contribution >= 4 is 34.1 Å². The quantitative estimate of drug-likeness (QED) is 0.429. The highest BCUT2D eigenvalue weighted by Gasteiger charge is 2.59.